The highest BCUT2D eigenvalue weighted by atomic mass is 19.4. The predicted octanol–water partition coefficient (Wildman–Crippen LogP) is 0.914. The van der Waals surface area contributed by atoms with Gasteiger partial charge in [-0.2, -0.15) is 18.3 Å². The van der Waals surface area contributed by atoms with Gasteiger partial charge in [-0.1, -0.05) is 0 Å². The second-order valence-corrected chi connectivity index (χ2v) is 3.73. The number of nitrogens with zero attached hydrogens (tertiary/aromatic N) is 3. The van der Waals surface area contributed by atoms with Gasteiger partial charge in [0.15, 0.2) is 0 Å². The quantitative estimate of drug-likeness (QED) is 0.845. The van der Waals surface area contributed by atoms with E-state index in [1.54, 1.807) is 17.9 Å². The third-order valence-corrected chi connectivity index (χ3v) is 2.29. The van der Waals surface area contributed by atoms with Crippen molar-refractivity contribution in [1.29, 1.82) is 0 Å². The van der Waals surface area contributed by atoms with E-state index in [4.69, 9.17) is 5.73 Å². The van der Waals surface area contributed by atoms with E-state index >= 15 is 0 Å². The Balaban J connectivity index is 2.74. The highest BCUT2D eigenvalue weighted by Crippen LogP contribution is 2.23. The molecule has 0 aliphatic carbocycles. The minimum Gasteiger partial charge on any atom is -0.329 e. The Labute approximate surface area is 91.8 Å². The normalized spacial score (nSPS) is 14.4. The van der Waals surface area contributed by atoms with Crippen LogP contribution in [0.25, 0.3) is 0 Å². The van der Waals surface area contributed by atoms with Crippen LogP contribution in [0.1, 0.15) is 11.6 Å². The van der Waals surface area contributed by atoms with Crippen molar-refractivity contribution in [1.82, 2.24) is 14.7 Å². The van der Waals surface area contributed by atoms with Crippen LogP contribution >= 0.6 is 0 Å². The van der Waals surface area contributed by atoms with Crippen LogP contribution in [0, 0.1) is 0 Å². The lowest BCUT2D eigenvalue weighted by molar-refractivity contribution is -0.147. The predicted molar refractivity (Wildman–Crippen MR) is 53.7 cm³/mol. The number of nitrogens with two attached hydrogens (primary N) is 1. The van der Waals surface area contributed by atoms with Crippen LogP contribution in [0.4, 0.5) is 13.2 Å². The van der Waals surface area contributed by atoms with Crippen molar-refractivity contribution in [3.63, 3.8) is 0 Å². The van der Waals surface area contributed by atoms with Gasteiger partial charge in [-0.05, 0) is 7.05 Å². The van der Waals surface area contributed by atoms with E-state index in [-0.39, 0.29) is 6.54 Å². The second-order valence-electron chi connectivity index (χ2n) is 3.73. The maximum atomic E-state index is 12.2. The summed E-state index contributed by atoms with van der Waals surface area (Å²) in [7, 11) is 3.11. The molecule has 0 aromatic carbocycles. The van der Waals surface area contributed by atoms with Gasteiger partial charge in [0.1, 0.15) is 0 Å². The Morgan fingerprint density at radius 1 is 1.56 bits per heavy atom. The topological polar surface area (TPSA) is 47.1 Å². The van der Waals surface area contributed by atoms with Crippen molar-refractivity contribution in [2.75, 3.05) is 20.1 Å². The number of hydrogen-bond acceptors (Lipinski definition) is 3. The molecule has 2 N–H and O–H groups in total. The lowest BCUT2D eigenvalue weighted by atomic mass is 10.1. The molecule has 1 unspecified atom stereocenters. The molecule has 0 radical (unpaired) electrons. The molecule has 1 aromatic rings. The van der Waals surface area contributed by atoms with Crippen LogP contribution < -0.4 is 5.73 Å². The Hall–Kier alpha value is -1.08. The maximum Gasteiger partial charge on any atom is 0.401 e. The number of halogens is 3. The van der Waals surface area contributed by atoms with Crippen LogP contribution in [0.2, 0.25) is 0 Å². The molecule has 0 aliphatic heterocycles. The molecule has 0 saturated carbocycles. The van der Waals surface area contributed by atoms with E-state index in [2.05, 4.69) is 5.10 Å². The highest BCUT2D eigenvalue weighted by molar-refractivity contribution is 5.11. The van der Waals surface area contributed by atoms with E-state index in [0.29, 0.717) is 5.56 Å². The summed E-state index contributed by atoms with van der Waals surface area (Å²) in [6.45, 7) is -0.859. The molecule has 1 atom stereocenters. The number of aromatic nitrogens is 2. The van der Waals surface area contributed by atoms with E-state index < -0.39 is 18.8 Å². The molecule has 1 rings (SSSR count). The van der Waals surface area contributed by atoms with Gasteiger partial charge in [0.05, 0.1) is 18.8 Å². The average Bonchev–Trinajstić information content (AvgIpc) is 2.49. The van der Waals surface area contributed by atoms with Gasteiger partial charge < -0.3 is 5.73 Å². The van der Waals surface area contributed by atoms with Crippen LogP contribution in [0.3, 0.4) is 0 Å². The van der Waals surface area contributed by atoms with E-state index in [9.17, 15) is 13.2 Å². The molecule has 0 spiro atoms. The van der Waals surface area contributed by atoms with Gasteiger partial charge in [-0.25, -0.2) is 0 Å². The average molecular weight is 236 g/mol. The van der Waals surface area contributed by atoms with Gasteiger partial charge in [0.25, 0.3) is 0 Å². The third kappa shape index (κ3) is 3.49. The molecule has 4 nitrogen and oxygen atoms in total. The van der Waals surface area contributed by atoms with E-state index in [1.807, 2.05) is 0 Å². The van der Waals surface area contributed by atoms with Crippen molar-refractivity contribution in [2.24, 2.45) is 12.8 Å². The van der Waals surface area contributed by atoms with Crippen molar-refractivity contribution >= 4 is 0 Å². The molecule has 0 saturated heterocycles. The first-order valence-corrected chi connectivity index (χ1v) is 4.79. The second kappa shape index (κ2) is 4.84. The van der Waals surface area contributed by atoms with E-state index in [1.165, 1.54) is 18.1 Å². The summed E-state index contributed by atoms with van der Waals surface area (Å²) >= 11 is 0. The smallest absolute Gasteiger partial charge is 0.329 e. The number of aryl methyl sites for hydroxylation is 1. The molecule has 0 aliphatic rings. The molecule has 7 heteroatoms. The number of hydrogen-bond donors (Lipinski definition) is 1. The number of likely N-dealkylation sites (N-methyl/N-ethyl adjacent to an activating group) is 1. The number of alkyl halides is 3. The SMILES string of the molecule is CN(CC(F)(F)F)C(CN)c1cnn(C)c1. The van der Waals surface area contributed by atoms with Gasteiger partial charge in [0.2, 0.25) is 0 Å². The first-order valence-electron chi connectivity index (χ1n) is 4.79. The molecular weight excluding hydrogens is 221 g/mol. The Bertz CT molecular complexity index is 334. The largest absolute Gasteiger partial charge is 0.401 e. The third-order valence-electron chi connectivity index (χ3n) is 2.29. The monoisotopic (exact) mass is 236 g/mol. The molecule has 0 fully saturated rings. The van der Waals surface area contributed by atoms with Gasteiger partial charge in [-0.3, -0.25) is 9.58 Å². The Kier molecular flexibility index (Phi) is 3.93. The first-order chi connectivity index (χ1) is 7.33. The fourth-order valence-electron chi connectivity index (χ4n) is 1.58. The van der Waals surface area contributed by atoms with Crippen LogP contribution in [0.5, 0.6) is 0 Å². The minimum absolute atomic E-state index is 0.123. The van der Waals surface area contributed by atoms with Crippen molar-refractivity contribution in [3.05, 3.63) is 18.0 Å². The Morgan fingerprint density at radius 2 is 2.19 bits per heavy atom. The number of rotatable bonds is 4. The lowest BCUT2D eigenvalue weighted by Crippen LogP contribution is -2.37. The lowest BCUT2D eigenvalue weighted by Gasteiger charge is -2.26. The van der Waals surface area contributed by atoms with Gasteiger partial charge >= 0.3 is 6.18 Å². The summed E-state index contributed by atoms with van der Waals surface area (Å²) < 4.78 is 38.2. The van der Waals surface area contributed by atoms with Crippen molar-refractivity contribution in [3.8, 4) is 0 Å². The van der Waals surface area contributed by atoms with Gasteiger partial charge in [-0.15, -0.1) is 0 Å². The molecule has 1 aromatic heterocycles. The van der Waals surface area contributed by atoms with Crippen molar-refractivity contribution in [2.45, 2.75) is 12.2 Å². The fourth-order valence-corrected chi connectivity index (χ4v) is 1.58. The fraction of sp³-hybridized carbons (Fsp3) is 0.667. The van der Waals surface area contributed by atoms with Crippen LogP contribution in [-0.4, -0.2) is 41.0 Å². The first kappa shape index (κ1) is 13.0. The minimum atomic E-state index is -4.22. The van der Waals surface area contributed by atoms with Crippen LogP contribution in [0.15, 0.2) is 12.4 Å². The highest BCUT2D eigenvalue weighted by Gasteiger charge is 2.32. The van der Waals surface area contributed by atoms with Crippen LogP contribution in [-0.2, 0) is 7.05 Å². The summed E-state index contributed by atoms with van der Waals surface area (Å²) in [4.78, 5) is 1.18. The molecule has 92 valence electrons. The Morgan fingerprint density at radius 3 is 2.56 bits per heavy atom. The zero-order valence-corrected chi connectivity index (χ0v) is 9.20. The molecule has 0 amide bonds. The molecule has 16 heavy (non-hydrogen) atoms. The zero-order chi connectivity index (χ0) is 12.3. The summed E-state index contributed by atoms with van der Waals surface area (Å²) in [6, 6.07) is -0.463. The zero-order valence-electron chi connectivity index (χ0n) is 9.20. The summed E-state index contributed by atoms with van der Waals surface area (Å²) in [5.74, 6) is 0. The van der Waals surface area contributed by atoms with Gasteiger partial charge in [0, 0.05) is 25.4 Å². The molecule has 0 bridgehead atoms. The molecule has 1 heterocycles. The van der Waals surface area contributed by atoms with Crippen molar-refractivity contribution < 1.29 is 13.2 Å². The summed E-state index contributed by atoms with van der Waals surface area (Å²) in [5, 5.41) is 3.92. The van der Waals surface area contributed by atoms with E-state index in [0.717, 1.165) is 0 Å². The molecular formula is C9H15F3N4. The maximum absolute atomic E-state index is 12.2. The standard InChI is InChI=1S/C9H15F3N4/c1-15(6-9(10,11)12)8(3-13)7-4-14-16(2)5-7/h4-5,8H,3,6,13H2,1-2H3. The summed E-state index contributed by atoms with van der Waals surface area (Å²) in [5.41, 5.74) is 6.18. The summed E-state index contributed by atoms with van der Waals surface area (Å²) in [6.07, 6.45) is -1.01.